The third-order valence-electron chi connectivity index (χ3n) is 25.1. The summed E-state index contributed by atoms with van der Waals surface area (Å²) < 4.78 is 51.8. The van der Waals surface area contributed by atoms with Crippen molar-refractivity contribution < 1.29 is 32.2 Å². The van der Waals surface area contributed by atoms with Crippen molar-refractivity contribution in [2.75, 3.05) is 130 Å². The molecule has 6 rings (SSSR count). The van der Waals surface area contributed by atoms with Crippen LogP contribution in [-0.4, -0.2) is 235 Å². The summed E-state index contributed by atoms with van der Waals surface area (Å²) in [4.78, 5) is 22.0. The molecule has 3 fully saturated rings. The zero-order valence-corrected chi connectivity index (χ0v) is 96.2. The van der Waals surface area contributed by atoms with Crippen molar-refractivity contribution in [3.63, 3.8) is 0 Å². The van der Waals surface area contributed by atoms with Crippen LogP contribution in [0.1, 0.15) is 433 Å². The van der Waals surface area contributed by atoms with Gasteiger partial charge < -0.3 is 33.6 Å². The van der Waals surface area contributed by atoms with E-state index in [1.807, 2.05) is 72.9 Å². The Morgan fingerprint density at radius 1 is 0.323 bits per heavy atom. The number of piperazine rings is 1. The lowest BCUT2D eigenvalue weighted by Crippen LogP contribution is -2.56. The molecule has 0 saturated carbocycles. The average Bonchev–Trinajstić information content (AvgIpc) is 1.54. The molecule has 0 radical (unpaired) electrons. The smallest absolute Gasteiger partial charge is 0.237 e. The summed E-state index contributed by atoms with van der Waals surface area (Å²) in [6, 6.07) is 0. The predicted molar refractivity (Wildman–Crippen MR) is 577 cm³/mol. The molecule has 133 heavy (non-hydrogen) atoms. The van der Waals surface area contributed by atoms with Crippen molar-refractivity contribution in [2.24, 2.45) is 60.6 Å². The van der Waals surface area contributed by atoms with Gasteiger partial charge >= 0.3 is 0 Å². The topological polar surface area (TPSA) is 193 Å². The lowest BCUT2D eigenvalue weighted by atomic mass is 9.80. The van der Waals surface area contributed by atoms with Crippen LogP contribution in [0, 0.1) is 60.6 Å². The molecule has 3 saturated heterocycles. The van der Waals surface area contributed by atoms with Crippen LogP contribution in [-0.2, 0) is 81.7 Å². The van der Waals surface area contributed by atoms with Crippen LogP contribution in [0.5, 0.6) is 0 Å². The number of piperidine rings is 2. The van der Waals surface area contributed by atoms with Crippen molar-refractivity contribution in [3.8, 4) is 0 Å². The molecule has 0 spiro atoms. The number of carbonyl (C=O) groups is 1. The maximum atomic E-state index is 12.4. The lowest BCUT2D eigenvalue weighted by Gasteiger charge is -2.42. The first-order chi connectivity index (χ1) is 60.9. The Hall–Kier alpha value is -3.35. The number of amides is 1. The highest BCUT2D eigenvalue weighted by Gasteiger charge is 2.33. The quantitative estimate of drug-likeness (QED) is 0.0382. The van der Waals surface area contributed by atoms with Gasteiger partial charge in [0.2, 0.25) is 5.91 Å². The standard InChI is InChI=1S/C20H41N.C19H38N2O.C19H39N.2C18H35N3O3S.C17H33N3/c1-19(2,3)13-8-7-9-15-21-16-11-18(12-17-21)10-14-20(4,5)6;1-18(2,3)12-10-8-7-9-11-13-20-14-15-21(17(22)16-20)19(4,5)6;1-18(2,3)12-8-7-9-13-20-14-10-17(11-15-20)16-19(4,5)6;2*1-17(2,3)14-16-15-21(20-19-16)8-9-23-10-11-24-12-13-25(7,22)18(4,5)6;1-16(2,3)11-7-8-13-20-14-15(18-19-20)10-9-12-17(4,5)6/h18H,7-17H2,1-6H3;7-16H2,1-6H3;17H,7-16H2,1-6H3;2*15H,7-14H2,1-6H3;14H,7-13H2,1-6H3. The Labute approximate surface area is 824 Å². The fourth-order valence-electron chi connectivity index (χ4n) is 16.3. The Morgan fingerprint density at radius 2 is 0.632 bits per heavy atom. The van der Waals surface area contributed by atoms with E-state index in [9.17, 15) is 13.2 Å². The fourth-order valence-corrected chi connectivity index (χ4v) is 18.3. The molecule has 6 heterocycles. The van der Waals surface area contributed by atoms with Gasteiger partial charge in [0.25, 0.3) is 0 Å². The number of ether oxygens (including phenoxy) is 4. The highest BCUT2D eigenvalue weighted by molar-refractivity contribution is 8.01. The zero-order chi connectivity index (χ0) is 101. The predicted octanol–water partition coefficient (Wildman–Crippen LogP) is 25.9. The van der Waals surface area contributed by atoms with Gasteiger partial charge in [0, 0.05) is 64.8 Å². The minimum absolute atomic E-state index is 0.0315. The molecular weight excluding hydrogens is 1690 g/mol. The van der Waals surface area contributed by atoms with Gasteiger partial charge in [0.05, 0.1) is 89.6 Å². The summed E-state index contributed by atoms with van der Waals surface area (Å²) in [5.41, 5.74) is 6.95. The molecule has 3 aliphatic rings. The van der Waals surface area contributed by atoms with E-state index < -0.39 is 19.0 Å². The Balaban J connectivity index is 0.000000800. The molecular formula is C111H221N13O7S2. The molecule has 0 bridgehead atoms. The SMILES string of the molecule is C=S(=O)(CCOCCOCCn1cc(CC(C)(C)C)nn1)C(C)(C)C.C=S(=O)(CCOCCOCCn1cc(CC(C)(C)C)nn1)C(C)(C)C.CC(C)(C)CCCCCCCN1CCN(C(C)(C)C)C(=O)C1.CC(C)(C)CCCCCN1CCC(CC(C)(C)C)CC1.CC(C)(C)CCCCCN1CCC(CCC(C)(C)C)CC1.CC(C)(C)CCCCn1cc(CCCC(C)(C)C)nn1. The molecule has 0 N–H and O–H groups in total. The summed E-state index contributed by atoms with van der Waals surface area (Å²) in [6.07, 6.45) is 44.2. The lowest BCUT2D eigenvalue weighted by molar-refractivity contribution is -0.141. The average molecular weight is 1910 g/mol. The van der Waals surface area contributed by atoms with Gasteiger partial charge in [-0.05, 0) is 328 Å². The first-order valence-corrected chi connectivity index (χ1v) is 56.8. The molecule has 20 nitrogen and oxygen atoms in total. The Bertz CT molecular complexity index is 3560. The van der Waals surface area contributed by atoms with Gasteiger partial charge in [-0.2, -0.15) is 0 Å². The van der Waals surface area contributed by atoms with Crippen LogP contribution >= 0.6 is 0 Å². The maximum absolute atomic E-state index is 12.4. The monoisotopic (exact) mass is 1910 g/mol. The second-order valence-electron chi connectivity index (χ2n) is 53.8. The van der Waals surface area contributed by atoms with E-state index in [4.69, 9.17) is 18.9 Å². The van der Waals surface area contributed by atoms with Gasteiger partial charge in [0.1, 0.15) is 0 Å². The number of hydrogen-bond acceptors (Lipinski definition) is 16. The van der Waals surface area contributed by atoms with Crippen LogP contribution in [0.15, 0.2) is 18.6 Å². The third-order valence-corrected chi connectivity index (χ3v) is 31.2. The molecule has 784 valence electrons. The molecule has 3 aromatic rings. The van der Waals surface area contributed by atoms with Crippen molar-refractivity contribution >= 4 is 36.7 Å². The molecule has 3 aliphatic heterocycles. The number of rotatable bonds is 47. The number of aryl methyl sites for hydroxylation is 2. The second kappa shape index (κ2) is 61.5. The molecule has 22 heteroatoms. The summed E-state index contributed by atoms with van der Waals surface area (Å²) in [6.45, 7) is 98.4. The van der Waals surface area contributed by atoms with Gasteiger partial charge in [-0.3, -0.25) is 22.8 Å². The Kier molecular flexibility index (Phi) is 59.0. The summed E-state index contributed by atoms with van der Waals surface area (Å²) in [7, 11) is -4.25. The van der Waals surface area contributed by atoms with Crippen LogP contribution in [0.3, 0.4) is 0 Å². The van der Waals surface area contributed by atoms with E-state index in [2.05, 4.69) is 271 Å². The largest absolute Gasteiger partial charge is 0.378 e. The number of aromatic nitrogens is 9. The highest BCUT2D eigenvalue weighted by Crippen LogP contribution is 2.34. The van der Waals surface area contributed by atoms with Gasteiger partial charge in [-0.15, -0.1) is 15.3 Å². The van der Waals surface area contributed by atoms with Crippen LogP contribution in [0.25, 0.3) is 0 Å². The minimum atomic E-state index is -2.13. The van der Waals surface area contributed by atoms with Gasteiger partial charge in [-0.1, -0.05) is 260 Å². The van der Waals surface area contributed by atoms with Crippen LogP contribution in [0.4, 0.5) is 0 Å². The van der Waals surface area contributed by atoms with E-state index in [0.29, 0.717) is 128 Å². The van der Waals surface area contributed by atoms with Gasteiger partial charge in [0.15, 0.2) is 0 Å². The van der Waals surface area contributed by atoms with Crippen molar-refractivity contribution in [1.82, 2.24) is 64.6 Å². The number of carbonyl (C=O) groups excluding carboxylic acids is 1. The van der Waals surface area contributed by atoms with E-state index in [-0.39, 0.29) is 25.9 Å². The third kappa shape index (κ3) is 71.7. The molecule has 3 aromatic heterocycles. The summed E-state index contributed by atoms with van der Waals surface area (Å²) >= 11 is 0. The summed E-state index contributed by atoms with van der Waals surface area (Å²) in [5.74, 6) is 10.9. The molecule has 0 aromatic carbocycles. The van der Waals surface area contributed by atoms with Crippen LogP contribution in [0.2, 0.25) is 0 Å². The maximum Gasteiger partial charge on any atom is 0.237 e. The molecule has 2 unspecified atom stereocenters. The second-order valence-corrected chi connectivity index (χ2v) is 60.3. The Morgan fingerprint density at radius 3 is 0.985 bits per heavy atom. The van der Waals surface area contributed by atoms with E-state index in [1.54, 1.807) is 0 Å². The number of hydrogen-bond donors (Lipinski definition) is 0. The fraction of sp³-hybridized carbons (Fsp3) is 0.919. The summed E-state index contributed by atoms with van der Waals surface area (Å²) in [5, 5.41) is 25.1. The van der Waals surface area contributed by atoms with Crippen molar-refractivity contribution in [2.45, 2.75) is 470 Å². The van der Waals surface area contributed by atoms with Crippen LogP contribution < -0.4 is 0 Å². The first kappa shape index (κ1) is 128. The molecule has 2 atom stereocenters. The normalized spacial score (nSPS) is 16.6. The number of unbranched alkanes of at least 4 members (excludes halogenated alkanes) is 9. The minimum Gasteiger partial charge on any atom is -0.378 e. The van der Waals surface area contributed by atoms with Crippen molar-refractivity contribution in [3.05, 3.63) is 35.7 Å². The zero-order valence-electron chi connectivity index (χ0n) is 94.6. The number of nitrogens with zero attached hydrogens (tertiary/aromatic N) is 13. The van der Waals surface area contributed by atoms with Gasteiger partial charge in [-0.25, -0.2) is 9.36 Å². The van der Waals surface area contributed by atoms with E-state index in [1.165, 1.54) is 206 Å². The first-order valence-electron chi connectivity index (χ1n) is 53.0. The van der Waals surface area contributed by atoms with E-state index >= 15 is 0 Å². The highest BCUT2D eigenvalue weighted by atomic mass is 32.2. The van der Waals surface area contributed by atoms with E-state index in [0.717, 1.165) is 74.4 Å². The molecule has 1 amide bonds. The van der Waals surface area contributed by atoms with Crippen molar-refractivity contribution in [1.29, 1.82) is 0 Å². The molecule has 0 aliphatic carbocycles. The number of likely N-dealkylation sites (tertiary alicyclic amines) is 2.